The van der Waals surface area contributed by atoms with Crippen LogP contribution in [-0.4, -0.2) is 11.6 Å². The molecule has 2 nitrogen and oxygen atoms in total. The van der Waals surface area contributed by atoms with Crippen LogP contribution in [0.4, 0.5) is 0 Å². The topological polar surface area (TPSA) is 34.1 Å². The van der Waals surface area contributed by atoms with E-state index in [0.29, 0.717) is 12.8 Å². The molecule has 1 saturated carbocycles. The van der Waals surface area contributed by atoms with Crippen LogP contribution in [0, 0.1) is 17.8 Å². The highest BCUT2D eigenvalue weighted by Crippen LogP contribution is 2.24. The van der Waals surface area contributed by atoms with Gasteiger partial charge in [-0.05, 0) is 30.9 Å². The lowest BCUT2D eigenvalue weighted by Gasteiger charge is -2.01. The van der Waals surface area contributed by atoms with Crippen LogP contribution in [0.5, 0.6) is 0 Å². The first-order valence-corrected chi connectivity index (χ1v) is 5.88. The van der Waals surface area contributed by atoms with E-state index in [1.807, 2.05) is 30.3 Å². The number of hydrogen-bond acceptors (Lipinski definition) is 2. The van der Waals surface area contributed by atoms with Gasteiger partial charge in [0.25, 0.3) is 0 Å². The third-order valence-electron chi connectivity index (χ3n) is 2.98. The molecule has 0 spiro atoms. The maximum Gasteiger partial charge on any atom is 0.206 e. The lowest BCUT2D eigenvalue weighted by molar-refractivity contribution is -0.124. The maximum absolute atomic E-state index is 11.6. The van der Waals surface area contributed by atoms with Crippen LogP contribution in [0.2, 0.25) is 0 Å². The van der Waals surface area contributed by atoms with Crippen LogP contribution in [-0.2, 0) is 9.59 Å². The number of hydrogen-bond donors (Lipinski definition) is 0. The molecule has 1 aromatic carbocycles. The summed E-state index contributed by atoms with van der Waals surface area (Å²) >= 11 is 0. The monoisotopic (exact) mass is 226 g/mol. The molecule has 0 amide bonds. The van der Waals surface area contributed by atoms with Crippen molar-refractivity contribution in [2.24, 2.45) is 5.92 Å². The smallest absolute Gasteiger partial charge is 0.206 e. The molecular formula is C15H14O2. The van der Waals surface area contributed by atoms with E-state index >= 15 is 0 Å². The molecule has 0 bridgehead atoms. The molecule has 1 atom stereocenters. The summed E-state index contributed by atoms with van der Waals surface area (Å²) in [5.74, 6) is 5.44. The van der Waals surface area contributed by atoms with Crippen molar-refractivity contribution in [3.63, 3.8) is 0 Å². The zero-order valence-electron chi connectivity index (χ0n) is 9.61. The van der Waals surface area contributed by atoms with Crippen LogP contribution < -0.4 is 0 Å². The van der Waals surface area contributed by atoms with Crippen molar-refractivity contribution in [1.82, 2.24) is 0 Å². The zero-order valence-corrected chi connectivity index (χ0v) is 9.61. The highest BCUT2D eigenvalue weighted by Gasteiger charge is 2.25. The van der Waals surface area contributed by atoms with Crippen molar-refractivity contribution in [2.75, 3.05) is 0 Å². The Bertz CT molecular complexity index is 477. The number of rotatable bonds is 2. The number of carbonyl (C=O) groups is 2. The van der Waals surface area contributed by atoms with Crippen LogP contribution in [0.1, 0.15) is 31.2 Å². The average molecular weight is 226 g/mol. The molecule has 2 heteroatoms. The highest BCUT2D eigenvalue weighted by molar-refractivity contribution is 5.99. The standard InChI is InChI=1S/C15H14O2/c16-14(11-13-7-4-8-15(13)17)10-9-12-5-2-1-3-6-12/h1-3,5-6,13H,4,7-8,11H2. The fourth-order valence-electron chi connectivity index (χ4n) is 2.04. The molecule has 0 heterocycles. The Morgan fingerprint density at radius 3 is 2.71 bits per heavy atom. The second-order valence-corrected chi connectivity index (χ2v) is 4.30. The van der Waals surface area contributed by atoms with Crippen LogP contribution in [0.15, 0.2) is 30.3 Å². The van der Waals surface area contributed by atoms with Crippen LogP contribution in [0.25, 0.3) is 0 Å². The highest BCUT2D eigenvalue weighted by atomic mass is 16.1. The molecular weight excluding hydrogens is 212 g/mol. The first kappa shape index (κ1) is 11.6. The molecule has 0 radical (unpaired) electrons. The predicted molar refractivity (Wildman–Crippen MR) is 65.3 cm³/mol. The van der Waals surface area contributed by atoms with Gasteiger partial charge in [0.05, 0.1) is 0 Å². The van der Waals surface area contributed by atoms with Crippen molar-refractivity contribution in [2.45, 2.75) is 25.7 Å². The van der Waals surface area contributed by atoms with Gasteiger partial charge in [-0.25, -0.2) is 0 Å². The quantitative estimate of drug-likeness (QED) is 0.725. The van der Waals surface area contributed by atoms with Gasteiger partial charge in [0.1, 0.15) is 5.78 Å². The third-order valence-corrected chi connectivity index (χ3v) is 2.98. The van der Waals surface area contributed by atoms with E-state index in [0.717, 1.165) is 18.4 Å². The van der Waals surface area contributed by atoms with Gasteiger partial charge in [0, 0.05) is 24.3 Å². The summed E-state index contributed by atoms with van der Waals surface area (Å²) in [7, 11) is 0. The molecule has 1 aromatic rings. The van der Waals surface area contributed by atoms with E-state index in [-0.39, 0.29) is 17.5 Å². The van der Waals surface area contributed by atoms with Gasteiger partial charge in [-0.1, -0.05) is 24.1 Å². The van der Waals surface area contributed by atoms with Crippen molar-refractivity contribution < 1.29 is 9.59 Å². The second-order valence-electron chi connectivity index (χ2n) is 4.30. The van der Waals surface area contributed by atoms with Gasteiger partial charge in [-0.15, -0.1) is 0 Å². The first-order chi connectivity index (χ1) is 8.25. The molecule has 0 aromatic heterocycles. The Morgan fingerprint density at radius 2 is 2.06 bits per heavy atom. The molecule has 2 rings (SSSR count). The van der Waals surface area contributed by atoms with E-state index in [1.165, 1.54) is 0 Å². The summed E-state index contributed by atoms with van der Waals surface area (Å²) in [6, 6.07) is 9.40. The van der Waals surface area contributed by atoms with Crippen molar-refractivity contribution in [3.8, 4) is 11.8 Å². The molecule has 0 aliphatic heterocycles. The molecule has 0 saturated heterocycles. The SMILES string of the molecule is O=C(C#Cc1ccccc1)CC1CCCC1=O. The largest absolute Gasteiger partial charge is 0.299 e. The Kier molecular flexibility index (Phi) is 3.72. The summed E-state index contributed by atoms with van der Waals surface area (Å²) in [6.45, 7) is 0. The van der Waals surface area contributed by atoms with Gasteiger partial charge >= 0.3 is 0 Å². The normalized spacial score (nSPS) is 18.6. The van der Waals surface area contributed by atoms with Crippen molar-refractivity contribution in [3.05, 3.63) is 35.9 Å². The zero-order chi connectivity index (χ0) is 12.1. The van der Waals surface area contributed by atoms with E-state index < -0.39 is 0 Å². The van der Waals surface area contributed by atoms with E-state index in [4.69, 9.17) is 0 Å². The van der Waals surface area contributed by atoms with E-state index in [2.05, 4.69) is 11.8 Å². The lowest BCUT2D eigenvalue weighted by atomic mass is 10.0. The van der Waals surface area contributed by atoms with Gasteiger partial charge in [-0.3, -0.25) is 9.59 Å². The minimum Gasteiger partial charge on any atom is -0.299 e. The summed E-state index contributed by atoms with van der Waals surface area (Å²) in [5, 5.41) is 0. The van der Waals surface area contributed by atoms with Gasteiger partial charge < -0.3 is 0 Å². The van der Waals surface area contributed by atoms with Gasteiger partial charge in [-0.2, -0.15) is 0 Å². The summed E-state index contributed by atoms with van der Waals surface area (Å²) < 4.78 is 0. The Hall–Kier alpha value is -1.88. The molecule has 86 valence electrons. The number of carbonyl (C=O) groups excluding carboxylic acids is 2. The Morgan fingerprint density at radius 1 is 1.29 bits per heavy atom. The van der Waals surface area contributed by atoms with Crippen LogP contribution in [0.3, 0.4) is 0 Å². The molecule has 1 aliphatic carbocycles. The predicted octanol–water partition coefficient (Wildman–Crippen LogP) is 2.37. The van der Waals surface area contributed by atoms with Gasteiger partial charge in [0.15, 0.2) is 0 Å². The molecule has 17 heavy (non-hydrogen) atoms. The lowest BCUT2D eigenvalue weighted by Crippen LogP contribution is -2.11. The van der Waals surface area contributed by atoms with Gasteiger partial charge in [0.2, 0.25) is 5.78 Å². The van der Waals surface area contributed by atoms with E-state index in [9.17, 15) is 9.59 Å². The molecule has 1 aliphatic rings. The third kappa shape index (κ3) is 3.29. The fraction of sp³-hybridized carbons (Fsp3) is 0.333. The Balaban J connectivity index is 1.94. The number of ketones is 2. The molecule has 1 unspecified atom stereocenters. The minimum atomic E-state index is -0.130. The maximum atomic E-state index is 11.6. The minimum absolute atomic E-state index is 0.0763. The fourth-order valence-corrected chi connectivity index (χ4v) is 2.04. The van der Waals surface area contributed by atoms with Crippen molar-refractivity contribution in [1.29, 1.82) is 0 Å². The first-order valence-electron chi connectivity index (χ1n) is 5.88. The second kappa shape index (κ2) is 5.45. The van der Waals surface area contributed by atoms with E-state index in [1.54, 1.807) is 0 Å². The molecule has 0 N–H and O–H groups in total. The van der Waals surface area contributed by atoms with Crippen LogP contribution >= 0.6 is 0 Å². The summed E-state index contributed by atoms with van der Waals surface area (Å²) in [4.78, 5) is 23.0. The average Bonchev–Trinajstić information content (AvgIpc) is 2.74. The number of benzene rings is 1. The van der Waals surface area contributed by atoms with Crippen molar-refractivity contribution >= 4 is 11.6 Å². The Labute approximate surface area is 101 Å². The molecule has 1 fully saturated rings. The summed E-state index contributed by atoms with van der Waals surface area (Å²) in [6.07, 6.45) is 2.68. The number of Topliss-reactive ketones (excluding diaryl/α,β-unsaturated/α-hetero) is 2. The summed E-state index contributed by atoms with van der Waals surface area (Å²) in [5.41, 5.74) is 0.832.